The van der Waals surface area contributed by atoms with Gasteiger partial charge in [-0.1, -0.05) is 22.0 Å². The van der Waals surface area contributed by atoms with Gasteiger partial charge in [-0.15, -0.1) is 0 Å². The Labute approximate surface area is 108 Å². The minimum absolute atomic E-state index is 0.344. The summed E-state index contributed by atoms with van der Waals surface area (Å²) in [7, 11) is 1.32. The largest absolute Gasteiger partial charge is 0.466 e. The highest BCUT2D eigenvalue weighted by Crippen LogP contribution is 2.19. The van der Waals surface area contributed by atoms with Crippen LogP contribution in [-0.4, -0.2) is 19.6 Å². The van der Waals surface area contributed by atoms with E-state index in [0.717, 1.165) is 0 Å². The summed E-state index contributed by atoms with van der Waals surface area (Å²) < 4.78 is 18.6. The molecule has 0 atom stereocenters. The van der Waals surface area contributed by atoms with Gasteiger partial charge in [0.25, 0.3) is 0 Å². The number of hydrogen-bond donors (Lipinski definition) is 1. The molecule has 0 saturated heterocycles. The SMILES string of the molecule is COC(=O)/C(C)=C/CNc1ccc(Br)cc1F. The lowest BCUT2D eigenvalue weighted by Crippen LogP contribution is -2.06. The van der Waals surface area contributed by atoms with Crippen LogP contribution in [0.1, 0.15) is 6.92 Å². The zero-order valence-electron chi connectivity index (χ0n) is 9.59. The van der Waals surface area contributed by atoms with Gasteiger partial charge in [0.05, 0.1) is 12.8 Å². The Morgan fingerprint density at radius 2 is 2.29 bits per heavy atom. The quantitative estimate of drug-likeness (QED) is 0.686. The van der Waals surface area contributed by atoms with Gasteiger partial charge in [-0.05, 0) is 25.1 Å². The molecular weight excluding hydrogens is 289 g/mol. The molecule has 92 valence electrons. The van der Waals surface area contributed by atoms with Gasteiger partial charge in [-0.25, -0.2) is 9.18 Å². The summed E-state index contributed by atoms with van der Waals surface area (Å²) in [5, 5.41) is 2.87. The van der Waals surface area contributed by atoms with E-state index in [1.54, 1.807) is 25.1 Å². The Hall–Kier alpha value is -1.36. The zero-order valence-corrected chi connectivity index (χ0v) is 11.2. The van der Waals surface area contributed by atoms with Crippen LogP contribution < -0.4 is 5.32 Å². The topological polar surface area (TPSA) is 38.3 Å². The fraction of sp³-hybridized carbons (Fsp3) is 0.250. The van der Waals surface area contributed by atoms with Crippen molar-refractivity contribution in [2.75, 3.05) is 19.0 Å². The monoisotopic (exact) mass is 301 g/mol. The van der Waals surface area contributed by atoms with E-state index in [9.17, 15) is 9.18 Å². The normalized spacial score (nSPS) is 11.2. The number of anilines is 1. The van der Waals surface area contributed by atoms with Crippen LogP contribution >= 0.6 is 15.9 Å². The minimum Gasteiger partial charge on any atom is -0.466 e. The van der Waals surface area contributed by atoms with E-state index in [1.165, 1.54) is 13.2 Å². The first kappa shape index (κ1) is 13.7. The number of halogens is 2. The van der Waals surface area contributed by atoms with E-state index in [-0.39, 0.29) is 11.8 Å². The van der Waals surface area contributed by atoms with Crippen molar-refractivity contribution in [3.63, 3.8) is 0 Å². The molecule has 1 aromatic carbocycles. The lowest BCUT2D eigenvalue weighted by Gasteiger charge is -2.05. The van der Waals surface area contributed by atoms with Gasteiger partial charge in [0.15, 0.2) is 0 Å². The van der Waals surface area contributed by atoms with Crippen molar-refractivity contribution in [2.24, 2.45) is 0 Å². The predicted octanol–water partition coefficient (Wildman–Crippen LogP) is 3.12. The molecule has 0 aliphatic rings. The number of benzene rings is 1. The van der Waals surface area contributed by atoms with Crippen molar-refractivity contribution < 1.29 is 13.9 Å². The second-order valence-corrected chi connectivity index (χ2v) is 4.30. The van der Waals surface area contributed by atoms with Gasteiger partial charge < -0.3 is 10.1 Å². The highest BCUT2D eigenvalue weighted by molar-refractivity contribution is 9.10. The summed E-state index contributed by atoms with van der Waals surface area (Å²) in [6, 6.07) is 4.74. The summed E-state index contributed by atoms with van der Waals surface area (Å²) in [6.07, 6.45) is 1.65. The smallest absolute Gasteiger partial charge is 0.333 e. The number of ether oxygens (including phenoxy) is 1. The molecule has 0 radical (unpaired) electrons. The number of hydrogen-bond acceptors (Lipinski definition) is 3. The number of carbonyl (C=O) groups excluding carboxylic acids is 1. The first-order valence-corrected chi connectivity index (χ1v) is 5.78. The van der Waals surface area contributed by atoms with Crippen LogP contribution in [0, 0.1) is 5.82 Å². The molecule has 5 heteroatoms. The Morgan fingerprint density at radius 3 is 2.88 bits per heavy atom. The lowest BCUT2D eigenvalue weighted by atomic mass is 10.2. The summed E-state index contributed by atoms with van der Waals surface area (Å²) in [5.41, 5.74) is 0.875. The van der Waals surface area contributed by atoms with Crippen LogP contribution in [0.3, 0.4) is 0 Å². The van der Waals surface area contributed by atoms with Crippen LogP contribution in [0.15, 0.2) is 34.3 Å². The third kappa shape index (κ3) is 4.19. The number of carbonyl (C=O) groups is 1. The van der Waals surface area contributed by atoms with Crippen molar-refractivity contribution >= 4 is 27.6 Å². The van der Waals surface area contributed by atoms with Crippen molar-refractivity contribution in [1.29, 1.82) is 0 Å². The van der Waals surface area contributed by atoms with Crippen LogP contribution in [0.2, 0.25) is 0 Å². The van der Waals surface area contributed by atoms with Crippen molar-refractivity contribution in [3.8, 4) is 0 Å². The summed E-state index contributed by atoms with van der Waals surface area (Å²) in [6.45, 7) is 2.00. The second-order valence-electron chi connectivity index (χ2n) is 3.38. The van der Waals surface area contributed by atoms with Gasteiger partial charge in [-0.3, -0.25) is 0 Å². The molecule has 0 aliphatic heterocycles. The van der Waals surface area contributed by atoms with E-state index in [1.807, 2.05) is 0 Å². The maximum atomic E-state index is 13.4. The zero-order chi connectivity index (χ0) is 12.8. The maximum absolute atomic E-state index is 13.4. The van der Waals surface area contributed by atoms with Gasteiger partial charge in [0.2, 0.25) is 0 Å². The molecule has 17 heavy (non-hydrogen) atoms. The van der Waals surface area contributed by atoms with Gasteiger partial charge in [0, 0.05) is 16.6 Å². The molecule has 0 spiro atoms. The lowest BCUT2D eigenvalue weighted by molar-refractivity contribution is -0.136. The fourth-order valence-electron chi connectivity index (χ4n) is 1.19. The predicted molar refractivity (Wildman–Crippen MR) is 68.4 cm³/mol. The summed E-state index contributed by atoms with van der Waals surface area (Å²) >= 11 is 3.18. The van der Waals surface area contributed by atoms with Gasteiger partial charge in [-0.2, -0.15) is 0 Å². The van der Waals surface area contributed by atoms with Crippen LogP contribution in [0.4, 0.5) is 10.1 Å². The molecule has 0 amide bonds. The second kappa shape index (κ2) is 6.39. The molecule has 1 N–H and O–H groups in total. The van der Waals surface area contributed by atoms with Crippen molar-refractivity contribution in [2.45, 2.75) is 6.92 Å². The minimum atomic E-state index is -0.386. The molecule has 0 unspecified atom stereocenters. The first-order chi connectivity index (χ1) is 8.04. The molecule has 0 aromatic heterocycles. The Bertz CT molecular complexity index is 446. The highest BCUT2D eigenvalue weighted by Gasteiger charge is 2.03. The van der Waals surface area contributed by atoms with Gasteiger partial charge >= 0.3 is 5.97 Å². The van der Waals surface area contributed by atoms with Crippen molar-refractivity contribution in [3.05, 3.63) is 40.1 Å². The third-order valence-electron chi connectivity index (χ3n) is 2.14. The van der Waals surface area contributed by atoms with Gasteiger partial charge in [0.1, 0.15) is 5.82 Å². The molecule has 0 saturated carbocycles. The van der Waals surface area contributed by atoms with E-state index in [0.29, 0.717) is 22.3 Å². The molecule has 3 nitrogen and oxygen atoms in total. The number of esters is 1. The number of rotatable bonds is 4. The van der Waals surface area contributed by atoms with E-state index in [2.05, 4.69) is 26.0 Å². The molecule has 1 rings (SSSR count). The number of nitrogens with one attached hydrogen (secondary N) is 1. The summed E-state index contributed by atoms with van der Waals surface area (Å²) in [4.78, 5) is 11.1. The maximum Gasteiger partial charge on any atom is 0.333 e. The standard InChI is InChI=1S/C12H13BrFNO2/c1-8(12(16)17-2)5-6-15-11-4-3-9(13)7-10(11)14/h3-5,7,15H,6H2,1-2H3/b8-5+. The van der Waals surface area contributed by atoms with Crippen molar-refractivity contribution in [1.82, 2.24) is 0 Å². The fourth-order valence-corrected chi connectivity index (χ4v) is 1.52. The molecule has 1 aromatic rings. The Morgan fingerprint density at radius 1 is 1.59 bits per heavy atom. The van der Waals surface area contributed by atoms with E-state index < -0.39 is 0 Å². The van der Waals surface area contributed by atoms with E-state index in [4.69, 9.17) is 0 Å². The van der Waals surface area contributed by atoms with Crippen LogP contribution in [-0.2, 0) is 9.53 Å². The van der Waals surface area contributed by atoms with E-state index >= 15 is 0 Å². The molecule has 0 aliphatic carbocycles. The average molecular weight is 302 g/mol. The molecule has 0 bridgehead atoms. The third-order valence-corrected chi connectivity index (χ3v) is 2.63. The highest BCUT2D eigenvalue weighted by atomic mass is 79.9. The molecular formula is C12H13BrFNO2. The number of methoxy groups -OCH3 is 1. The summed E-state index contributed by atoms with van der Waals surface area (Å²) in [5.74, 6) is -0.730. The van der Waals surface area contributed by atoms with Crippen LogP contribution in [0.25, 0.3) is 0 Å². The average Bonchev–Trinajstić information content (AvgIpc) is 2.30. The van der Waals surface area contributed by atoms with Crippen LogP contribution in [0.5, 0.6) is 0 Å². The first-order valence-electron chi connectivity index (χ1n) is 4.98. The molecule has 0 fully saturated rings. The molecule has 0 heterocycles. The Kier molecular flexibility index (Phi) is 5.15. The Balaban J connectivity index is 2.59.